The van der Waals surface area contributed by atoms with Crippen molar-refractivity contribution in [3.05, 3.63) is 90.5 Å². The summed E-state index contributed by atoms with van der Waals surface area (Å²) in [6.07, 6.45) is 1.15. The van der Waals surface area contributed by atoms with Crippen LogP contribution in [0.25, 0.3) is 52.3 Å². The molecule has 0 N–H and O–H groups in total. The monoisotopic (exact) mass is 536 g/mol. The van der Waals surface area contributed by atoms with E-state index in [0.717, 1.165) is 53.7 Å². The molecule has 7 heteroatoms. The Morgan fingerprint density at radius 1 is 0.816 bits per heavy atom. The van der Waals surface area contributed by atoms with Crippen molar-refractivity contribution in [1.29, 1.82) is 0 Å². The van der Waals surface area contributed by atoms with Crippen molar-refractivity contribution in [3.8, 4) is 26.9 Å². The highest BCUT2D eigenvalue weighted by Gasteiger charge is 2.15. The molecule has 2 heterocycles. The summed E-state index contributed by atoms with van der Waals surface area (Å²) in [7, 11) is 0. The summed E-state index contributed by atoms with van der Waals surface area (Å²) in [4.78, 5) is 21.2. The molecule has 0 aliphatic heterocycles. The molecule has 0 saturated heterocycles. The van der Waals surface area contributed by atoms with Crippen LogP contribution in [0.3, 0.4) is 0 Å². The zero-order chi connectivity index (χ0) is 26.2. The number of hydrogen-bond acceptors (Lipinski definition) is 7. The van der Waals surface area contributed by atoms with Crippen molar-refractivity contribution < 1.29 is 14.3 Å². The van der Waals surface area contributed by atoms with Crippen molar-refractivity contribution >= 4 is 59.8 Å². The summed E-state index contributed by atoms with van der Waals surface area (Å²) in [6, 6.07) is 23.2. The van der Waals surface area contributed by atoms with Crippen molar-refractivity contribution in [3.63, 3.8) is 0 Å². The second-order valence-corrected chi connectivity index (χ2v) is 11.2. The van der Waals surface area contributed by atoms with Gasteiger partial charge in [0.25, 0.3) is 0 Å². The number of aromatic nitrogens is 2. The summed E-state index contributed by atoms with van der Waals surface area (Å²) >= 11 is 3.34. The number of rotatable bonds is 7. The van der Waals surface area contributed by atoms with Crippen LogP contribution in [0.1, 0.15) is 11.1 Å². The van der Waals surface area contributed by atoms with Crippen LogP contribution in [-0.4, -0.2) is 29.2 Å². The molecule has 38 heavy (non-hydrogen) atoms. The molecule has 0 fully saturated rings. The summed E-state index contributed by atoms with van der Waals surface area (Å²) in [5, 5.41) is 4.00. The maximum atomic E-state index is 11.4. The maximum absolute atomic E-state index is 11.4. The van der Waals surface area contributed by atoms with Gasteiger partial charge in [0.2, 0.25) is 0 Å². The van der Waals surface area contributed by atoms with E-state index in [1.807, 2.05) is 12.1 Å². The molecule has 188 valence electrons. The molecule has 6 aromatic rings. The Kier molecular flexibility index (Phi) is 6.39. The van der Waals surface area contributed by atoms with Crippen molar-refractivity contribution in [2.75, 3.05) is 13.2 Å². The Bertz CT molecular complexity index is 1850. The summed E-state index contributed by atoms with van der Waals surface area (Å²) < 4.78 is 13.5. The fourth-order valence-corrected chi connectivity index (χ4v) is 6.50. The van der Waals surface area contributed by atoms with E-state index in [-0.39, 0.29) is 13.2 Å². The average molecular weight is 537 g/mol. The molecule has 0 aliphatic rings. The molecule has 0 unspecified atom stereocenters. The lowest BCUT2D eigenvalue weighted by atomic mass is 10.0. The van der Waals surface area contributed by atoms with E-state index in [0.29, 0.717) is 5.75 Å². The number of hydrogen-bond donors (Lipinski definition) is 0. The minimum absolute atomic E-state index is 0.136. The predicted octanol–water partition coefficient (Wildman–Crippen LogP) is 8.12. The minimum Gasteiger partial charge on any atom is -0.489 e. The fraction of sp³-hybridized carbons (Fsp3) is 0.129. The first-order valence-corrected chi connectivity index (χ1v) is 13.8. The Balaban J connectivity index is 1.42. The first-order valence-electron chi connectivity index (χ1n) is 12.2. The lowest BCUT2D eigenvalue weighted by molar-refractivity contribution is -0.138. The van der Waals surface area contributed by atoms with E-state index in [2.05, 4.69) is 75.0 Å². The smallest absolute Gasteiger partial charge is 0.330 e. The van der Waals surface area contributed by atoms with Crippen LogP contribution in [0.4, 0.5) is 0 Å². The average Bonchev–Trinajstić information content (AvgIpc) is 3.53. The van der Waals surface area contributed by atoms with Crippen LogP contribution >= 0.6 is 22.7 Å². The van der Waals surface area contributed by atoms with Crippen LogP contribution < -0.4 is 4.74 Å². The van der Waals surface area contributed by atoms with Gasteiger partial charge < -0.3 is 9.47 Å². The molecule has 0 radical (unpaired) electrons. The molecule has 4 aromatic carbocycles. The zero-order valence-corrected chi connectivity index (χ0v) is 22.6. The molecule has 5 nitrogen and oxygen atoms in total. The normalized spacial score (nSPS) is 11.3. The second kappa shape index (κ2) is 10.0. The van der Waals surface area contributed by atoms with Crippen LogP contribution in [0.15, 0.2) is 79.4 Å². The first kappa shape index (κ1) is 24.3. The number of benzene rings is 4. The fourth-order valence-electron chi connectivity index (χ4n) is 4.35. The second-order valence-electron chi connectivity index (χ2n) is 9.11. The van der Waals surface area contributed by atoms with Crippen molar-refractivity contribution in [2.24, 2.45) is 0 Å². The van der Waals surface area contributed by atoms with Crippen molar-refractivity contribution in [1.82, 2.24) is 9.97 Å². The van der Waals surface area contributed by atoms with Gasteiger partial charge in [-0.3, -0.25) is 0 Å². The van der Waals surface area contributed by atoms with E-state index >= 15 is 0 Å². The van der Waals surface area contributed by atoms with Crippen molar-refractivity contribution in [2.45, 2.75) is 13.8 Å². The number of thiazole rings is 2. The lowest BCUT2D eigenvalue weighted by Crippen LogP contribution is -2.10. The van der Waals surface area contributed by atoms with Crippen LogP contribution in [0.2, 0.25) is 0 Å². The number of nitrogens with zero attached hydrogens (tertiary/aromatic N) is 2. The third-order valence-corrected chi connectivity index (χ3v) is 8.37. The Hall–Kier alpha value is -4.07. The maximum Gasteiger partial charge on any atom is 0.330 e. The standard InChI is InChI=1S/C31H24N2O3S2/c1-4-29(34)36-12-11-35-26-17-20-7-8-21(30-32-24-9-5-18(2)13-27(24)37-30)15-22(20)16-23(26)31-33-25-10-6-19(3)14-28(25)38-31/h4-10,13-17H,1,11-12H2,2-3H3. The predicted molar refractivity (Wildman–Crippen MR) is 157 cm³/mol. The molecule has 0 saturated carbocycles. The molecule has 0 bridgehead atoms. The lowest BCUT2D eigenvalue weighted by Gasteiger charge is -2.12. The molecular weight excluding hydrogens is 512 g/mol. The first-order chi connectivity index (χ1) is 18.5. The van der Waals surface area contributed by atoms with Gasteiger partial charge in [0.1, 0.15) is 29.0 Å². The molecule has 0 atom stereocenters. The number of ether oxygens (including phenoxy) is 2. The number of fused-ring (bicyclic) bond motifs is 3. The molecule has 0 spiro atoms. The Morgan fingerprint density at radius 3 is 2.21 bits per heavy atom. The topological polar surface area (TPSA) is 61.3 Å². The Labute approximate surface area is 228 Å². The molecular formula is C31H24N2O3S2. The number of aryl methyl sites for hydroxylation is 2. The Morgan fingerprint density at radius 2 is 1.50 bits per heavy atom. The van der Waals surface area contributed by atoms with Gasteiger partial charge in [0.05, 0.1) is 26.0 Å². The van der Waals surface area contributed by atoms with E-state index in [1.54, 1.807) is 22.7 Å². The third-order valence-electron chi connectivity index (χ3n) is 6.26. The van der Waals surface area contributed by atoms with Gasteiger partial charge in [0, 0.05) is 11.6 Å². The number of carbonyl (C=O) groups is 1. The van der Waals surface area contributed by atoms with E-state index < -0.39 is 5.97 Å². The van der Waals surface area contributed by atoms with E-state index in [1.165, 1.54) is 15.8 Å². The van der Waals surface area contributed by atoms with Gasteiger partial charge in [-0.1, -0.05) is 30.8 Å². The quantitative estimate of drug-likeness (QED) is 0.117. The van der Waals surface area contributed by atoms with Crippen LogP contribution in [0.5, 0.6) is 5.75 Å². The summed E-state index contributed by atoms with van der Waals surface area (Å²) in [5.74, 6) is 0.234. The van der Waals surface area contributed by atoms with Crippen LogP contribution in [-0.2, 0) is 9.53 Å². The van der Waals surface area contributed by atoms with Gasteiger partial charge in [-0.05, 0) is 78.2 Å². The SMILES string of the molecule is C=CC(=O)OCCOc1cc2ccc(-c3nc4ccc(C)cc4s3)cc2cc1-c1nc2ccc(C)cc2s1. The number of carbonyl (C=O) groups excluding carboxylic acids is 1. The van der Waals surface area contributed by atoms with Gasteiger partial charge in [-0.25, -0.2) is 14.8 Å². The van der Waals surface area contributed by atoms with Gasteiger partial charge in [-0.2, -0.15) is 0 Å². The van der Waals surface area contributed by atoms with E-state index in [9.17, 15) is 4.79 Å². The molecule has 0 aliphatic carbocycles. The minimum atomic E-state index is -0.466. The molecule has 6 rings (SSSR count). The zero-order valence-electron chi connectivity index (χ0n) is 21.0. The number of esters is 1. The highest BCUT2D eigenvalue weighted by molar-refractivity contribution is 7.22. The summed E-state index contributed by atoms with van der Waals surface area (Å²) in [6.45, 7) is 7.98. The molecule has 0 amide bonds. The summed E-state index contributed by atoms with van der Waals surface area (Å²) in [5.41, 5.74) is 6.38. The largest absolute Gasteiger partial charge is 0.489 e. The van der Waals surface area contributed by atoms with Crippen LogP contribution in [0, 0.1) is 13.8 Å². The third kappa shape index (κ3) is 4.78. The van der Waals surface area contributed by atoms with Gasteiger partial charge >= 0.3 is 5.97 Å². The van der Waals surface area contributed by atoms with E-state index in [4.69, 9.17) is 19.4 Å². The highest BCUT2D eigenvalue weighted by atomic mass is 32.1. The molecule has 2 aromatic heterocycles. The van der Waals surface area contributed by atoms with Gasteiger partial charge in [0.15, 0.2) is 0 Å². The highest BCUT2D eigenvalue weighted by Crippen LogP contribution is 2.40. The van der Waals surface area contributed by atoms with Gasteiger partial charge in [-0.15, -0.1) is 22.7 Å².